The third-order valence-corrected chi connectivity index (χ3v) is 3.34. The number of nitrogens with one attached hydrogen (secondary N) is 2. The SMILES string of the molecule is CNC(C)(C)C(=O)Nc1cccc2c(O)cccc12. The molecule has 4 nitrogen and oxygen atoms in total. The third-order valence-electron chi connectivity index (χ3n) is 3.34. The predicted octanol–water partition coefficient (Wildman–Crippen LogP) is 2.48. The molecule has 3 N–H and O–H groups in total. The summed E-state index contributed by atoms with van der Waals surface area (Å²) in [5, 5.41) is 17.2. The summed E-state index contributed by atoms with van der Waals surface area (Å²) >= 11 is 0. The normalized spacial score (nSPS) is 11.5. The average molecular weight is 258 g/mol. The molecule has 0 saturated heterocycles. The van der Waals surface area contributed by atoms with Gasteiger partial charge in [0.2, 0.25) is 5.91 Å². The van der Waals surface area contributed by atoms with E-state index in [1.54, 1.807) is 19.2 Å². The van der Waals surface area contributed by atoms with Crippen molar-refractivity contribution in [2.75, 3.05) is 12.4 Å². The van der Waals surface area contributed by atoms with E-state index < -0.39 is 5.54 Å². The number of amides is 1. The van der Waals surface area contributed by atoms with E-state index in [0.717, 1.165) is 10.8 Å². The molecule has 0 saturated carbocycles. The molecule has 100 valence electrons. The molecular formula is C15H18N2O2. The molecule has 1 amide bonds. The number of phenolic OH excluding ortho intramolecular Hbond substituents is 1. The summed E-state index contributed by atoms with van der Waals surface area (Å²) in [5.41, 5.74) is 0.0423. The van der Waals surface area contributed by atoms with Gasteiger partial charge in [-0.15, -0.1) is 0 Å². The van der Waals surface area contributed by atoms with Gasteiger partial charge in [0.05, 0.1) is 5.54 Å². The second kappa shape index (κ2) is 4.90. The van der Waals surface area contributed by atoms with Crippen LogP contribution in [0.15, 0.2) is 36.4 Å². The van der Waals surface area contributed by atoms with Gasteiger partial charge in [0.25, 0.3) is 0 Å². The van der Waals surface area contributed by atoms with Crippen molar-refractivity contribution in [2.45, 2.75) is 19.4 Å². The molecule has 0 spiro atoms. The Hall–Kier alpha value is -2.07. The van der Waals surface area contributed by atoms with Gasteiger partial charge >= 0.3 is 0 Å². The van der Waals surface area contributed by atoms with Gasteiger partial charge in [-0.3, -0.25) is 4.79 Å². The van der Waals surface area contributed by atoms with Gasteiger partial charge in [0, 0.05) is 16.5 Å². The number of likely N-dealkylation sites (N-methyl/N-ethyl adjacent to an activating group) is 1. The standard InChI is InChI=1S/C15H18N2O2/c1-15(2,16-3)14(19)17-12-8-4-7-11-10(12)6-5-9-13(11)18/h4-9,16,18H,1-3H3,(H,17,19). The van der Waals surface area contributed by atoms with Gasteiger partial charge in [0.1, 0.15) is 5.75 Å². The molecule has 0 aliphatic heterocycles. The van der Waals surface area contributed by atoms with E-state index in [9.17, 15) is 9.90 Å². The number of hydrogen-bond acceptors (Lipinski definition) is 3. The van der Waals surface area contributed by atoms with Gasteiger partial charge in [-0.25, -0.2) is 0 Å². The highest BCUT2D eigenvalue weighted by Crippen LogP contribution is 2.30. The summed E-state index contributed by atoms with van der Waals surface area (Å²) in [6, 6.07) is 10.7. The fourth-order valence-corrected chi connectivity index (χ4v) is 1.79. The highest BCUT2D eigenvalue weighted by Gasteiger charge is 2.25. The molecule has 0 radical (unpaired) electrons. The maximum atomic E-state index is 12.2. The Balaban J connectivity index is 2.42. The van der Waals surface area contributed by atoms with E-state index in [2.05, 4.69) is 10.6 Å². The first kappa shape index (κ1) is 13.4. The Kier molecular flexibility index (Phi) is 3.44. The van der Waals surface area contributed by atoms with E-state index in [1.807, 2.05) is 38.1 Å². The highest BCUT2D eigenvalue weighted by molar-refractivity contribution is 6.06. The monoisotopic (exact) mass is 258 g/mol. The molecule has 0 fully saturated rings. The minimum Gasteiger partial charge on any atom is -0.507 e. The summed E-state index contributed by atoms with van der Waals surface area (Å²) in [6.07, 6.45) is 0. The molecule has 0 atom stereocenters. The lowest BCUT2D eigenvalue weighted by Crippen LogP contribution is -2.47. The van der Waals surface area contributed by atoms with Crippen LogP contribution in [0.25, 0.3) is 10.8 Å². The molecule has 4 heteroatoms. The molecule has 2 aromatic carbocycles. The minimum absolute atomic E-state index is 0.120. The van der Waals surface area contributed by atoms with Crippen LogP contribution in [0, 0.1) is 0 Å². The topological polar surface area (TPSA) is 61.4 Å². The quantitative estimate of drug-likeness (QED) is 0.792. The maximum Gasteiger partial charge on any atom is 0.244 e. The Labute approximate surface area is 112 Å². The van der Waals surface area contributed by atoms with Crippen LogP contribution in [0.5, 0.6) is 5.75 Å². The Morgan fingerprint density at radius 3 is 2.42 bits per heavy atom. The van der Waals surface area contributed by atoms with E-state index in [4.69, 9.17) is 0 Å². The number of phenols is 1. The zero-order chi connectivity index (χ0) is 14.0. The van der Waals surface area contributed by atoms with E-state index in [-0.39, 0.29) is 11.7 Å². The fourth-order valence-electron chi connectivity index (χ4n) is 1.79. The summed E-state index contributed by atoms with van der Waals surface area (Å²) in [7, 11) is 1.74. The Morgan fingerprint density at radius 2 is 1.74 bits per heavy atom. The summed E-state index contributed by atoms with van der Waals surface area (Å²) in [4.78, 5) is 12.2. The van der Waals surface area contributed by atoms with Gasteiger partial charge in [-0.1, -0.05) is 24.3 Å². The van der Waals surface area contributed by atoms with Crippen LogP contribution >= 0.6 is 0 Å². The second-order valence-electron chi connectivity index (χ2n) is 5.01. The predicted molar refractivity (Wildman–Crippen MR) is 77.4 cm³/mol. The van der Waals surface area contributed by atoms with Crippen molar-refractivity contribution in [3.63, 3.8) is 0 Å². The van der Waals surface area contributed by atoms with Crippen molar-refractivity contribution in [3.8, 4) is 5.75 Å². The Morgan fingerprint density at radius 1 is 1.11 bits per heavy atom. The van der Waals surface area contributed by atoms with E-state index in [0.29, 0.717) is 5.69 Å². The molecule has 0 bridgehead atoms. The number of benzene rings is 2. The Bertz CT molecular complexity index is 621. The van der Waals surface area contributed by atoms with Crippen molar-refractivity contribution in [3.05, 3.63) is 36.4 Å². The first-order valence-corrected chi connectivity index (χ1v) is 6.17. The number of anilines is 1. The lowest BCUT2D eigenvalue weighted by Gasteiger charge is -2.23. The van der Waals surface area contributed by atoms with Crippen molar-refractivity contribution < 1.29 is 9.90 Å². The number of fused-ring (bicyclic) bond motifs is 1. The number of carbonyl (C=O) groups is 1. The van der Waals surface area contributed by atoms with Crippen molar-refractivity contribution in [1.82, 2.24) is 5.32 Å². The van der Waals surface area contributed by atoms with E-state index in [1.165, 1.54) is 0 Å². The van der Waals surface area contributed by atoms with Gasteiger partial charge in [-0.05, 0) is 33.0 Å². The zero-order valence-electron chi connectivity index (χ0n) is 11.3. The van der Waals surface area contributed by atoms with Crippen LogP contribution < -0.4 is 10.6 Å². The molecule has 0 aliphatic rings. The van der Waals surface area contributed by atoms with Crippen LogP contribution in [0.2, 0.25) is 0 Å². The first-order chi connectivity index (χ1) is 8.95. The van der Waals surface area contributed by atoms with E-state index >= 15 is 0 Å². The van der Waals surface area contributed by atoms with Gasteiger partial charge in [-0.2, -0.15) is 0 Å². The maximum absolute atomic E-state index is 12.2. The first-order valence-electron chi connectivity index (χ1n) is 6.17. The third kappa shape index (κ3) is 2.53. The molecule has 0 aliphatic carbocycles. The molecule has 19 heavy (non-hydrogen) atoms. The minimum atomic E-state index is -0.654. The fraction of sp³-hybridized carbons (Fsp3) is 0.267. The largest absolute Gasteiger partial charge is 0.507 e. The van der Waals surface area contributed by atoms with Gasteiger partial charge < -0.3 is 15.7 Å². The highest BCUT2D eigenvalue weighted by atomic mass is 16.3. The second-order valence-corrected chi connectivity index (χ2v) is 5.01. The number of aromatic hydroxyl groups is 1. The smallest absolute Gasteiger partial charge is 0.244 e. The lowest BCUT2D eigenvalue weighted by atomic mass is 10.0. The van der Waals surface area contributed by atoms with Crippen LogP contribution in [-0.2, 0) is 4.79 Å². The molecule has 2 aromatic rings. The summed E-state index contributed by atoms with van der Waals surface area (Å²) in [5.74, 6) is 0.0901. The van der Waals surface area contributed by atoms with Crippen molar-refractivity contribution in [2.24, 2.45) is 0 Å². The number of rotatable bonds is 3. The summed E-state index contributed by atoms with van der Waals surface area (Å²) < 4.78 is 0. The van der Waals surface area contributed by atoms with Gasteiger partial charge in [0.15, 0.2) is 0 Å². The zero-order valence-corrected chi connectivity index (χ0v) is 11.3. The lowest BCUT2D eigenvalue weighted by molar-refractivity contribution is -0.121. The average Bonchev–Trinajstić information content (AvgIpc) is 2.40. The summed E-state index contributed by atoms with van der Waals surface area (Å²) in [6.45, 7) is 3.62. The molecule has 0 aromatic heterocycles. The van der Waals surface area contributed by atoms with Crippen LogP contribution in [0.4, 0.5) is 5.69 Å². The number of hydrogen-bond donors (Lipinski definition) is 3. The van der Waals surface area contributed by atoms with Crippen molar-refractivity contribution in [1.29, 1.82) is 0 Å². The van der Waals surface area contributed by atoms with Crippen molar-refractivity contribution >= 4 is 22.4 Å². The molecule has 2 rings (SSSR count). The molecular weight excluding hydrogens is 240 g/mol. The molecule has 0 heterocycles. The molecule has 0 unspecified atom stereocenters. The number of carbonyl (C=O) groups excluding carboxylic acids is 1. The van der Waals surface area contributed by atoms with Crippen LogP contribution in [-0.4, -0.2) is 23.6 Å². The van der Waals surface area contributed by atoms with Crippen LogP contribution in [0.3, 0.4) is 0 Å². The van der Waals surface area contributed by atoms with Crippen LogP contribution in [0.1, 0.15) is 13.8 Å².